The molecule has 0 bridgehead atoms. The number of benzene rings is 1. The Morgan fingerprint density at radius 3 is 2.41 bits per heavy atom. The van der Waals surface area contributed by atoms with Gasteiger partial charge >= 0.3 is 12.1 Å². The molecule has 5 heteroatoms. The van der Waals surface area contributed by atoms with E-state index < -0.39 is 11.1 Å². The molecular formula is C17H23NO4. The van der Waals surface area contributed by atoms with E-state index in [0.717, 1.165) is 11.1 Å². The third-order valence-corrected chi connectivity index (χ3v) is 3.81. The third-order valence-electron chi connectivity index (χ3n) is 3.81. The SMILES string of the molecule is COC(=O)c1ccc2c(c1)C(C)(C)N(C(=O)OC(C)(C)C)C2. The van der Waals surface area contributed by atoms with Gasteiger partial charge in [-0.3, -0.25) is 4.90 Å². The highest BCUT2D eigenvalue weighted by Gasteiger charge is 2.42. The molecule has 5 nitrogen and oxygen atoms in total. The van der Waals surface area contributed by atoms with Gasteiger partial charge in [-0.05, 0) is 57.9 Å². The number of hydrogen-bond donors (Lipinski definition) is 0. The summed E-state index contributed by atoms with van der Waals surface area (Å²) in [5, 5.41) is 0. The zero-order valence-electron chi connectivity index (χ0n) is 14.0. The highest BCUT2D eigenvalue weighted by molar-refractivity contribution is 5.90. The molecule has 1 aliphatic rings. The topological polar surface area (TPSA) is 55.8 Å². The zero-order chi connectivity index (χ0) is 16.7. The molecular weight excluding hydrogens is 282 g/mol. The van der Waals surface area contributed by atoms with Crippen LogP contribution in [0.15, 0.2) is 18.2 Å². The van der Waals surface area contributed by atoms with Gasteiger partial charge in [0.25, 0.3) is 0 Å². The van der Waals surface area contributed by atoms with Crippen molar-refractivity contribution in [2.24, 2.45) is 0 Å². The van der Waals surface area contributed by atoms with Crippen LogP contribution in [0.1, 0.15) is 56.1 Å². The normalized spacial score (nSPS) is 16.2. The maximum absolute atomic E-state index is 12.4. The lowest BCUT2D eigenvalue weighted by Gasteiger charge is -2.34. The number of esters is 1. The Morgan fingerprint density at radius 2 is 1.86 bits per heavy atom. The lowest BCUT2D eigenvalue weighted by molar-refractivity contribution is 0.00519. The van der Waals surface area contributed by atoms with Gasteiger partial charge in [-0.25, -0.2) is 9.59 Å². The van der Waals surface area contributed by atoms with Crippen LogP contribution in [0, 0.1) is 0 Å². The van der Waals surface area contributed by atoms with E-state index in [1.807, 2.05) is 40.7 Å². The Labute approximate surface area is 131 Å². The first kappa shape index (κ1) is 16.3. The number of ether oxygens (including phenoxy) is 2. The highest BCUT2D eigenvalue weighted by Crippen LogP contribution is 2.40. The fraction of sp³-hybridized carbons (Fsp3) is 0.529. The quantitative estimate of drug-likeness (QED) is 0.746. The molecule has 2 rings (SSSR count). The van der Waals surface area contributed by atoms with Gasteiger partial charge in [0.05, 0.1) is 24.8 Å². The van der Waals surface area contributed by atoms with E-state index in [2.05, 4.69) is 0 Å². The Bertz CT molecular complexity index is 614. The van der Waals surface area contributed by atoms with Gasteiger partial charge in [0.15, 0.2) is 0 Å². The molecule has 22 heavy (non-hydrogen) atoms. The van der Waals surface area contributed by atoms with Crippen molar-refractivity contribution in [3.8, 4) is 0 Å². The zero-order valence-corrected chi connectivity index (χ0v) is 14.0. The van der Waals surface area contributed by atoms with Crippen LogP contribution in [0.2, 0.25) is 0 Å². The van der Waals surface area contributed by atoms with E-state index in [0.29, 0.717) is 12.1 Å². The summed E-state index contributed by atoms with van der Waals surface area (Å²) < 4.78 is 10.2. The van der Waals surface area contributed by atoms with Crippen molar-refractivity contribution in [3.05, 3.63) is 34.9 Å². The van der Waals surface area contributed by atoms with E-state index in [9.17, 15) is 9.59 Å². The summed E-state index contributed by atoms with van der Waals surface area (Å²) in [6, 6.07) is 5.39. The monoisotopic (exact) mass is 305 g/mol. The number of methoxy groups -OCH3 is 1. The number of hydrogen-bond acceptors (Lipinski definition) is 4. The molecule has 1 heterocycles. The molecule has 0 saturated carbocycles. The van der Waals surface area contributed by atoms with Gasteiger partial charge in [-0.1, -0.05) is 6.07 Å². The average molecular weight is 305 g/mol. The summed E-state index contributed by atoms with van der Waals surface area (Å²) in [5.74, 6) is -0.380. The standard InChI is InChI=1S/C17H23NO4/c1-16(2,3)22-15(20)18-10-12-8-7-11(14(19)21-6)9-13(12)17(18,4)5/h7-9H,10H2,1-6H3. The van der Waals surface area contributed by atoms with Crippen molar-refractivity contribution in [1.82, 2.24) is 4.90 Å². The van der Waals surface area contributed by atoms with Crippen molar-refractivity contribution in [3.63, 3.8) is 0 Å². The maximum Gasteiger partial charge on any atom is 0.411 e. The molecule has 1 amide bonds. The molecule has 0 N–H and O–H groups in total. The summed E-state index contributed by atoms with van der Waals surface area (Å²) in [5.41, 5.74) is 1.37. The van der Waals surface area contributed by atoms with Crippen LogP contribution >= 0.6 is 0 Å². The smallest absolute Gasteiger partial charge is 0.411 e. The molecule has 0 unspecified atom stereocenters. The van der Waals surface area contributed by atoms with Gasteiger partial charge in [0, 0.05) is 0 Å². The molecule has 0 aromatic heterocycles. The van der Waals surface area contributed by atoms with Crippen molar-refractivity contribution in [2.75, 3.05) is 7.11 Å². The second kappa shape index (κ2) is 5.30. The fourth-order valence-electron chi connectivity index (χ4n) is 2.65. The molecule has 0 saturated heterocycles. The number of fused-ring (bicyclic) bond motifs is 1. The van der Waals surface area contributed by atoms with Gasteiger partial charge in [0.1, 0.15) is 5.60 Å². The van der Waals surface area contributed by atoms with Crippen LogP contribution in [0.5, 0.6) is 0 Å². The summed E-state index contributed by atoms with van der Waals surface area (Å²) in [6.07, 6.45) is -0.353. The first-order chi connectivity index (χ1) is 10.1. The summed E-state index contributed by atoms with van der Waals surface area (Å²) in [4.78, 5) is 25.8. The summed E-state index contributed by atoms with van der Waals surface area (Å²) >= 11 is 0. The molecule has 0 aliphatic carbocycles. The van der Waals surface area contributed by atoms with E-state index >= 15 is 0 Å². The lowest BCUT2D eigenvalue weighted by atomic mass is 9.92. The fourth-order valence-corrected chi connectivity index (χ4v) is 2.65. The summed E-state index contributed by atoms with van der Waals surface area (Å²) in [7, 11) is 1.35. The van der Waals surface area contributed by atoms with Crippen LogP contribution in [0.3, 0.4) is 0 Å². The van der Waals surface area contributed by atoms with Gasteiger partial charge in [-0.2, -0.15) is 0 Å². The molecule has 1 aliphatic heterocycles. The number of nitrogens with zero attached hydrogens (tertiary/aromatic N) is 1. The van der Waals surface area contributed by atoms with Crippen LogP contribution in [0.25, 0.3) is 0 Å². The van der Waals surface area contributed by atoms with E-state index in [1.54, 1.807) is 17.0 Å². The van der Waals surface area contributed by atoms with Crippen LogP contribution in [-0.4, -0.2) is 29.7 Å². The minimum absolute atomic E-state index is 0.353. The van der Waals surface area contributed by atoms with E-state index in [-0.39, 0.29) is 12.1 Å². The Morgan fingerprint density at radius 1 is 1.23 bits per heavy atom. The molecule has 0 radical (unpaired) electrons. The largest absolute Gasteiger partial charge is 0.465 e. The minimum Gasteiger partial charge on any atom is -0.465 e. The lowest BCUT2D eigenvalue weighted by Crippen LogP contribution is -2.43. The molecule has 0 spiro atoms. The third kappa shape index (κ3) is 2.93. The Hall–Kier alpha value is -2.04. The number of carbonyl (C=O) groups is 2. The molecule has 1 aromatic carbocycles. The molecule has 120 valence electrons. The van der Waals surface area contributed by atoms with Crippen molar-refractivity contribution < 1.29 is 19.1 Å². The molecule has 0 atom stereocenters. The second-order valence-corrected chi connectivity index (χ2v) is 6.99. The number of rotatable bonds is 1. The second-order valence-electron chi connectivity index (χ2n) is 6.99. The Balaban J connectivity index is 2.34. The molecule has 0 fully saturated rings. The average Bonchev–Trinajstić information content (AvgIpc) is 2.67. The van der Waals surface area contributed by atoms with Crippen LogP contribution in [0.4, 0.5) is 4.79 Å². The van der Waals surface area contributed by atoms with Gasteiger partial charge in [0.2, 0.25) is 0 Å². The first-order valence-corrected chi connectivity index (χ1v) is 7.28. The number of amides is 1. The van der Waals surface area contributed by atoms with Crippen molar-refractivity contribution >= 4 is 12.1 Å². The highest BCUT2D eigenvalue weighted by atomic mass is 16.6. The summed E-state index contributed by atoms with van der Waals surface area (Å²) in [6.45, 7) is 9.90. The predicted octanol–water partition coefficient (Wildman–Crippen LogP) is 3.46. The first-order valence-electron chi connectivity index (χ1n) is 7.28. The van der Waals surface area contributed by atoms with Gasteiger partial charge in [-0.15, -0.1) is 0 Å². The van der Waals surface area contributed by atoms with E-state index in [4.69, 9.17) is 9.47 Å². The van der Waals surface area contributed by atoms with Crippen molar-refractivity contribution in [1.29, 1.82) is 0 Å². The maximum atomic E-state index is 12.4. The van der Waals surface area contributed by atoms with Gasteiger partial charge < -0.3 is 9.47 Å². The Kier molecular flexibility index (Phi) is 3.94. The number of carbonyl (C=O) groups excluding carboxylic acids is 2. The minimum atomic E-state index is -0.543. The van der Waals surface area contributed by atoms with Crippen molar-refractivity contribution in [2.45, 2.75) is 52.3 Å². The van der Waals surface area contributed by atoms with Crippen LogP contribution in [-0.2, 0) is 21.6 Å². The van der Waals surface area contributed by atoms with E-state index in [1.165, 1.54) is 7.11 Å². The predicted molar refractivity (Wildman–Crippen MR) is 82.6 cm³/mol. The van der Waals surface area contributed by atoms with Crippen LogP contribution < -0.4 is 0 Å². The molecule has 1 aromatic rings.